The van der Waals surface area contributed by atoms with Gasteiger partial charge in [-0.15, -0.1) is 0 Å². The zero-order chi connectivity index (χ0) is 10.6. The molecule has 14 heavy (non-hydrogen) atoms. The zero-order valence-corrected chi connectivity index (χ0v) is 7.82. The van der Waals surface area contributed by atoms with E-state index in [0.29, 0.717) is 12.8 Å². The second-order valence-corrected chi connectivity index (χ2v) is 2.82. The van der Waals surface area contributed by atoms with Crippen LogP contribution in [0.15, 0.2) is 12.1 Å². The first-order chi connectivity index (χ1) is 6.69. The van der Waals surface area contributed by atoms with E-state index in [1.807, 2.05) is 6.07 Å². The maximum Gasteiger partial charge on any atom is 0.200 e. The lowest BCUT2D eigenvalue weighted by Gasteiger charge is -2.07. The van der Waals surface area contributed by atoms with Gasteiger partial charge < -0.3 is 14.9 Å². The molecule has 0 unspecified atom stereocenters. The summed E-state index contributed by atoms with van der Waals surface area (Å²) in [6.45, 7) is 0. The van der Waals surface area contributed by atoms with E-state index in [2.05, 4.69) is 0 Å². The summed E-state index contributed by atoms with van der Waals surface area (Å²) in [4.78, 5) is 0. The molecule has 74 valence electrons. The molecule has 0 spiro atoms. The van der Waals surface area contributed by atoms with Crippen LogP contribution in [0.3, 0.4) is 0 Å². The number of rotatable bonds is 3. The van der Waals surface area contributed by atoms with Crippen LogP contribution in [0.25, 0.3) is 0 Å². The molecule has 4 nitrogen and oxygen atoms in total. The lowest BCUT2D eigenvalue weighted by Crippen LogP contribution is -1.89. The Morgan fingerprint density at radius 3 is 2.71 bits per heavy atom. The molecule has 0 heterocycles. The Labute approximate surface area is 82.0 Å². The number of ether oxygens (including phenoxy) is 1. The van der Waals surface area contributed by atoms with Crippen LogP contribution in [-0.2, 0) is 6.42 Å². The third-order valence-electron chi connectivity index (χ3n) is 1.86. The topological polar surface area (TPSA) is 73.5 Å². The van der Waals surface area contributed by atoms with E-state index < -0.39 is 0 Å². The van der Waals surface area contributed by atoms with Crippen molar-refractivity contribution < 1.29 is 14.9 Å². The average Bonchev–Trinajstić information content (AvgIpc) is 2.19. The van der Waals surface area contributed by atoms with Gasteiger partial charge in [0, 0.05) is 6.42 Å². The van der Waals surface area contributed by atoms with Gasteiger partial charge in [0.1, 0.15) is 0 Å². The second-order valence-electron chi connectivity index (χ2n) is 2.82. The predicted octanol–water partition coefficient (Wildman–Crippen LogP) is 1.56. The summed E-state index contributed by atoms with van der Waals surface area (Å²) < 4.78 is 4.85. The SMILES string of the molecule is COc1cc(CCC#N)cc(O)c1O. The molecule has 0 saturated heterocycles. The highest BCUT2D eigenvalue weighted by molar-refractivity contribution is 5.51. The minimum atomic E-state index is -0.270. The molecule has 1 aromatic rings. The molecule has 0 fully saturated rings. The minimum Gasteiger partial charge on any atom is -0.504 e. The molecule has 2 N–H and O–H groups in total. The van der Waals surface area contributed by atoms with Crippen molar-refractivity contribution in [2.75, 3.05) is 7.11 Å². The van der Waals surface area contributed by atoms with Gasteiger partial charge in [-0.2, -0.15) is 5.26 Å². The first-order valence-electron chi connectivity index (χ1n) is 4.15. The molecule has 0 bridgehead atoms. The molecule has 0 aromatic heterocycles. The summed E-state index contributed by atoms with van der Waals surface area (Å²) in [6, 6.07) is 5.03. The van der Waals surface area contributed by atoms with E-state index in [0.717, 1.165) is 5.56 Å². The Bertz CT molecular complexity index is 368. The van der Waals surface area contributed by atoms with Crippen molar-refractivity contribution in [3.05, 3.63) is 17.7 Å². The number of nitrogens with zero attached hydrogens (tertiary/aromatic N) is 1. The number of phenolic OH excluding ortho intramolecular Hbond substituents is 2. The minimum absolute atomic E-state index is 0.220. The third-order valence-corrected chi connectivity index (χ3v) is 1.86. The number of methoxy groups -OCH3 is 1. The molecule has 4 heteroatoms. The molecule has 0 aliphatic rings. The second kappa shape index (κ2) is 4.38. The highest BCUT2D eigenvalue weighted by atomic mass is 16.5. The quantitative estimate of drug-likeness (QED) is 0.714. The Kier molecular flexibility index (Phi) is 3.19. The van der Waals surface area contributed by atoms with Gasteiger partial charge in [0.05, 0.1) is 13.2 Å². The van der Waals surface area contributed by atoms with Gasteiger partial charge in [-0.05, 0) is 24.1 Å². The Morgan fingerprint density at radius 1 is 1.43 bits per heavy atom. The van der Waals surface area contributed by atoms with Gasteiger partial charge in [0.25, 0.3) is 0 Å². The summed E-state index contributed by atoms with van der Waals surface area (Å²) >= 11 is 0. The largest absolute Gasteiger partial charge is 0.504 e. The summed E-state index contributed by atoms with van der Waals surface area (Å²) in [7, 11) is 1.41. The normalized spacial score (nSPS) is 9.43. The van der Waals surface area contributed by atoms with Crippen LogP contribution < -0.4 is 4.74 Å². The zero-order valence-electron chi connectivity index (χ0n) is 7.82. The summed E-state index contributed by atoms with van der Waals surface area (Å²) in [5, 5.41) is 27.0. The summed E-state index contributed by atoms with van der Waals surface area (Å²) in [6.07, 6.45) is 0.897. The van der Waals surface area contributed by atoms with Crippen molar-refractivity contribution in [3.8, 4) is 23.3 Å². The number of nitriles is 1. The number of benzene rings is 1. The first kappa shape index (κ1) is 10.2. The van der Waals surface area contributed by atoms with Crippen LogP contribution in [0.4, 0.5) is 0 Å². The van der Waals surface area contributed by atoms with E-state index >= 15 is 0 Å². The van der Waals surface area contributed by atoms with E-state index in [1.54, 1.807) is 6.07 Å². The Balaban J connectivity index is 2.98. The monoisotopic (exact) mass is 193 g/mol. The van der Waals surface area contributed by atoms with Crippen LogP contribution in [0.1, 0.15) is 12.0 Å². The smallest absolute Gasteiger partial charge is 0.200 e. The Morgan fingerprint density at radius 2 is 2.14 bits per heavy atom. The lowest BCUT2D eigenvalue weighted by atomic mass is 10.1. The Hall–Kier alpha value is -1.89. The molecule has 0 aliphatic carbocycles. The van der Waals surface area contributed by atoms with E-state index in [9.17, 15) is 10.2 Å². The molecule has 1 aromatic carbocycles. The van der Waals surface area contributed by atoms with Crippen molar-refractivity contribution in [2.24, 2.45) is 0 Å². The fourth-order valence-corrected chi connectivity index (χ4v) is 1.15. The maximum atomic E-state index is 9.31. The van der Waals surface area contributed by atoms with Crippen molar-refractivity contribution >= 4 is 0 Å². The number of aryl methyl sites for hydroxylation is 1. The van der Waals surface area contributed by atoms with E-state index in [4.69, 9.17) is 10.00 Å². The number of hydrogen-bond donors (Lipinski definition) is 2. The van der Waals surface area contributed by atoms with Crippen LogP contribution in [-0.4, -0.2) is 17.3 Å². The van der Waals surface area contributed by atoms with Gasteiger partial charge in [-0.3, -0.25) is 0 Å². The van der Waals surface area contributed by atoms with Gasteiger partial charge in [-0.25, -0.2) is 0 Å². The molecular weight excluding hydrogens is 182 g/mol. The van der Waals surface area contributed by atoms with Crippen molar-refractivity contribution in [2.45, 2.75) is 12.8 Å². The predicted molar refractivity (Wildman–Crippen MR) is 50.3 cm³/mol. The van der Waals surface area contributed by atoms with Gasteiger partial charge in [-0.1, -0.05) is 0 Å². The van der Waals surface area contributed by atoms with Gasteiger partial charge in [0.15, 0.2) is 11.5 Å². The van der Waals surface area contributed by atoms with Crippen molar-refractivity contribution in [1.29, 1.82) is 5.26 Å². The average molecular weight is 193 g/mol. The fraction of sp³-hybridized carbons (Fsp3) is 0.300. The van der Waals surface area contributed by atoms with Crippen LogP contribution >= 0.6 is 0 Å². The fourth-order valence-electron chi connectivity index (χ4n) is 1.15. The summed E-state index contributed by atoms with van der Waals surface area (Å²) in [5.41, 5.74) is 0.763. The molecule has 0 atom stereocenters. The number of hydrogen-bond acceptors (Lipinski definition) is 4. The van der Waals surface area contributed by atoms with Crippen molar-refractivity contribution in [1.82, 2.24) is 0 Å². The molecular formula is C10H11NO3. The third kappa shape index (κ3) is 2.07. The lowest BCUT2D eigenvalue weighted by molar-refractivity contribution is 0.350. The maximum absolute atomic E-state index is 9.31. The van der Waals surface area contributed by atoms with Gasteiger partial charge >= 0.3 is 0 Å². The number of aromatic hydroxyl groups is 2. The van der Waals surface area contributed by atoms with Gasteiger partial charge in [0.2, 0.25) is 5.75 Å². The van der Waals surface area contributed by atoms with Crippen LogP contribution in [0.2, 0.25) is 0 Å². The highest BCUT2D eigenvalue weighted by Crippen LogP contribution is 2.36. The number of phenols is 2. The highest BCUT2D eigenvalue weighted by Gasteiger charge is 2.08. The van der Waals surface area contributed by atoms with Crippen LogP contribution in [0, 0.1) is 11.3 Å². The van der Waals surface area contributed by atoms with E-state index in [1.165, 1.54) is 13.2 Å². The molecule has 0 radical (unpaired) electrons. The standard InChI is InChI=1S/C10H11NO3/c1-14-9-6-7(3-2-4-11)5-8(12)10(9)13/h5-6,12-13H,2-3H2,1H3. The molecule has 0 saturated carbocycles. The molecule has 0 aliphatic heterocycles. The molecule has 0 amide bonds. The molecule has 1 rings (SSSR count). The van der Waals surface area contributed by atoms with Crippen LogP contribution in [0.5, 0.6) is 17.2 Å². The first-order valence-corrected chi connectivity index (χ1v) is 4.15. The van der Waals surface area contributed by atoms with E-state index in [-0.39, 0.29) is 17.2 Å². The van der Waals surface area contributed by atoms with Crippen molar-refractivity contribution in [3.63, 3.8) is 0 Å². The summed E-state index contributed by atoms with van der Waals surface area (Å²) in [5.74, 6) is -0.275.